The number of pyridine rings is 1. The molecule has 0 aliphatic carbocycles. The first-order chi connectivity index (χ1) is 11.3. The van der Waals surface area contributed by atoms with E-state index in [1.165, 1.54) is 45.2 Å². The number of nitrogens with zero attached hydrogens (tertiary/aromatic N) is 2. The molecule has 0 bridgehead atoms. The second kappa shape index (κ2) is 8.15. The molecule has 0 unspecified atom stereocenters. The summed E-state index contributed by atoms with van der Waals surface area (Å²) < 4.78 is 0. The highest BCUT2D eigenvalue weighted by molar-refractivity contribution is 7.99. The molecule has 4 nitrogen and oxygen atoms in total. The molecule has 1 aromatic heterocycles. The number of thioether (sulfide) groups is 1. The van der Waals surface area contributed by atoms with Crippen LogP contribution in [0, 0.1) is 5.92 Å². The lowest BCUT2D eigenvalue weighted by molar-refractivity contribution is -0.115. The van der Waals surface area contributed by atoms with E-state index < -0.39 is 0 Å². The number of anilines is 1. The Bertz CT molecular complexity index is 535. The number of hydrogen-bond donors (Lipinski definition) is 1. The molecule has 2 fully saturated rings. The van der Waals surface area contributed by atoms with Gasteiger partial charge in [-0.2, -0.15) is 0 Å². The van der Waals surface area contributed by atoms with Crippen molar-refractivity contribution in [2.45, 2.75) is 56.5 Å². The monoisotopic (exact) mass is 333 g/mol. The van der Waals surface area contributed by atoms with Crippen LogP contribution < -0.4 is 5.32 Å². The Labute approximate surface area is 143 Å². The fourth-order valence-electron chi connectivity index (χ4n) is 3.80. The van der Waals surface area contributed by atoms with E-state index in [4.69, 9.17) is 0 Å². The first-order valence-electron chi connectivity index (χ1n) is 8.89. The molecule has 1 amide bonds. The molecule has 23 heavy (non-hydrogen) atoms. The maximum Gasteiger partial charge on any atom is 0.224 e. The molecule has 0 radical (unpaired) electrons. The molecule has 3 heterocycles. The van der Waals surface area contributed by atoms with E-state index in [0.717, 1.165) is 28.4 Å². The van der Waals surface area contributed by atoms with Crippen LogP contribution in [0.2, 0.25) is 0 Å². The van der Waals surface area contributed by atoms with Crippen LogP contribution in [0.1, 0.15) is 45.4 Å². The average molecular weight is 334 g/mol. The van der Waals surface area contributed by atoms with Gasteiger partial charge in [0.05, 0.1) is 5.69 Å². The van der Waals surface area contributed by atoms with Gasteiger partial charge >= 0.3 is 0 Å². The maximum atomic E-state index is 11.7. The third-order valence-electron chi connectivity index (χ3n) is 5.03. The molecule has 2 atom stereocenters. The molecule has 2 aliphatic rings. The van der Waals surface area contributed by atoms with Gasteiger partial charge in [-0.25, -0.2) is 4.98 Å². The second-order valence-corrected chi connectivity index (χ2v) is 7.58. The summed E-state index contributed by atoms with van der Waals surface area (Å²) in [7, 11) is 0. The van der Waals surface area contributed by atoms with Crippen molar-refractivity contribution >= 4 is 23.4 Å². The van der Waals surface area contributed by atoms with Gasteiger partial charge in [0.15, 0.2) is 0 Å². The minimum Gasteiger partial charge on any atom is -0.324 e. The van der Waals surface area contributed by atoms with Gasteiger partial charge in [-0.3, -0.25) is 4.79 Å². The van der Waals surface area contributed by atoms with Crippen LogP contribution in [0.5, 0.6) is 0 Å². The molecule has 1 aromatic rings. The molecule has 1 N–H and O–H groups in total. The summed E-state index contributed by atoms with van der Waals surface area (Å²) in [5.74, 6) is 1.91. The molecular weight excluding hydrogens is 306 g/mol. The molecule has 3 rings (SSSR count). The molecule has 0 saturated carbocycles. The van der Waals surface area contributed by atoms with Gasteiger partial charge in [0.25, 0.3) is 0 Å². The summed E-state index contributed by atoms with van der Waals surface area (Å²) in [5.41, 5.74) is 0.862. The first kappa shape index (κ1) is 16.8. The van der Waals surface area contributed by atoms with Gasteiger partial charge in [0.2, 0.25) is 5.91 Å². The number of hydrogen-bond acceptors (Lipinski definition) is 4. The topological polar surface area (TPSA) is 45.2 Å². The summed E-state index contributed by atoms with van der Waals surface area (Å²) in [6.07, 6.45) is 9.07. The van der Waals surface area contributed by atoms with Gasteiger partial charge < -0.3 is 10.2 Å². The molecule has 126 valence electrons. The lowest BCUT2D eigenvalue weighted by Crippen LogP contribution is -2.48. The molecule has 0 aromatic carbocycles. The number of piperidine rings is 2. The van der Waals surface area contributed by atoms with Crippen LogP contribution in [-0.2, 0) is 4.79 Å². The largest absolute Gasteiger partial charge is 0.324 e. The van der Waals surface area contributed by atoms with Crippen molar-refractivity contribution in [3.63, 3.8) is 0 Å². The van der Waals surface area contributed by atoms with Crippen LogP contribution >= 0.6 is 11.8 Å². The summed E-state index contributed by atoms with van der Waals surface area (Å²) in [6.45, 7) is 4.44. The van der Waals surface area contributed by atoms with E-state index >= 15 is 0 Å². The van der Waals surface area contributed by atoms with E-state index in [9.17, 15) is 4.79 Å². The number of carbonyl (C=O) groups excluding carboxylic acids is 1. The molecule has 5 heteroatoms. The maximum absolute atomic E-state index is 11.7. The Balaban J connectivity index is 1.62. The van der Waals surface area contributed by atoms with Crippen molar-refractivity contribution in [1.82, 2.24) is 9.88 Å². The second-order valence-electron chi connectivity index (χ2n) is 6.57. The van der Waals surface area contributed by atoms with Crippen molar-refractivity contribution in [2.24, 2.45) is 5.92 Å². The predicted molar refractivity (Wildman–Crippen MR) is 95.8 cm³/mol. The highest BCUT2D eigenvalue weighted by atomic mass is 32.2. The third-order valence-corrected chi connectivity index (χ3v) is 6.22. The van der Waals surface area contributed by atoms with E-state index in [0.29, 0.717) is 6.42 Å². The molecule has 0 spiro atoms. The van der Waals surface area contributed by atoms with Gasteiger partial charge in [0.1, 0.15) is 5.03 Å². The average Bonchev–Trinajstić information content (AvgIpc) is 2.61. The SMILES string of the molecule is CCC(=O)Nc1cccnc1SC[C@@H]1CCCN2CCCC[C@H]12. The minimum atomic E-state index is 0.0518. The zero-order valence-corrected chi connectivity index (χ0v) is 14.8. The van der Waals surface area contributed by atoms with E-state index in [1.807, 2.05) is 37.0 Å². The zero-order chi connectivity index (χ0) is 16.1. The Hall–Kier alpha value is -1.07. The normalized spacial score (nSPS) is 24.9. The van der Waals surface area contributed by atoms with Gasteiger partial charge in [0, 0.05) is 24.4 Å². The summed E-state index contributed by atoms with van der Waals surface area (Å²) >= 11 is 1.81. The lowest BCUT2D eigenvalue weighted by Gasteiger charge is -2.44. The highest BCUT2D eigenvalue weighted by Crippen LogP contribution is 2.35. The number of carbonyl (C=O) groups is 1. The Morgan fingerprint density at radius 3 is 3.09 bits per heavy atom. The van der Waals surface area contributed by atoms with Gasteiger partial charge in [-0.1, -0.05) is 13.3 Å². The molecular formula is C18H27N3OS. The van der Waals surface area contributed by atoms with Gasteiger partial charge in [-0.15, -0.1) is 11.8 Å². The van der Waals surface area contributed by atoms with Crippen molar-refractivity contribution in [3.8, 4) is 0 Å². The number of fused-ring (bicyclic) bond motifs is 1. The Morgan fingerprint density at radius 2 is 2.22 bits per heavy atom. The van der Waals surface area contributed by atoms with E-state index in [-0.39, 0.29) is 5.91 Å². The number of nitrogens with one attached hydrogen (secondary N) is 1. The minimum absolute atomic E-state index is 0.0518. The van der Waals surface area contributed by atoms with Crippen molar-refractivity contribution in [2.75, 3.05) is 24.2 Å². The fourth-order valence-corrected chi connectivity index (χ4v) is 4.97. The Morgan fingerprint density at radius 1 is 1.35 bits per heavy atom. The standard InChI is InChI=1S/C18H27N3OS/c1-2-17(22)20-15-8-5-10-19-18(15)23-13-14-7-6-12-21-11-4-3-9-16(14)21/h5,8,10,14,16H,2-4,6-7,9,11-13H2,1H3,(H,20,22)/t14-,16+/m0/s1. The van der Waals surface area contributed by atoms with Crippen LogP contribution in [0.3, 0.4) is 0 Å². The first-order valence-corrected chi connectivity index (χ1v) is 9.88. The number of amides is 1. The van der Waals surface area contributed by atoms with Crippen molar-refractivity contribution in [3.05, 3.63) is 18.3 Å². The van der Waals surface area contributed by atoms with Crippen LogP contribution in [0.25, 0.3) is 0 Å². The summed E-state index contributed by atoms with van der Waals surface area (Å²) in [5, 5.41) is 3.93. The van der Waals surface area contributed by atoms with Gasteiger partial charge in [-0.05, 0) is 56.8 Å². The quantitative estimate of drug-likeness (QED) is 0.833. The fraction of sp³-hybridized carbons (Fsp3) is 0.667. The highest BCUT2D eigenvalue weighted by Gasteiger charge is 2.32. The lowest BCUT2D eigenvalue weighted by atomic mass is 9.85. The third kappa shape index (κ3) is 4.27. The van der Waals surface area contributed by atoms with E-state index in [2.05, 4.69) is 15.2 Å². The van der Waals surface area contributed by atoms with Crippen molar-refractivity contribution in [1.29, 1.82) is 0 Å². The zero-order valence-electron chi connectivity index (χ0n) is 14.0. The smallest absolute Gasteiger partial charge is 0.224 e. The molecule has 2 saturated heterocycles. The predicted octanol–water partition coefficient (Wildman–Crippen LogP) is 3.79. The Kier molecular flexibility index (Phi) is 5.95. The van der Waals surface area contributed by atoms with Crippen LogP contribution in [-0.4, -0.2) is 40.7 Å². The molecule has 2 aliphatic heterocycles. The number of rotatable bonds is 5. The summed E-state index contributed by atoms with van der Waals surface area (Å²) in [6, 6.07) is 4.61. The van der Waals surface area contributed by atoms with Crippen LogP contribution in [0.15, 0.2) is 23.4 Å². The van der Waals surface area contributed by atoms with Crippen molar-refractivity contribution < 1.29 is 4.79 Å². The summed E-state index contributed by atoms with van der Waals surface area (Å²) in [4.78, 5) is 18.9. The van der Waals surface area contributed by atoms with E-state index in [1.54, 1.807) is 0 Å². The van der Waals surface area contributed by atoms with Crippen LogP contribution in [0.4, 0.5) is 5.69 Å². The number of aromatic nitrogens is 1.